The molecular weight excluding hydrogens is 257 g/mol. The van der Waals surface area contributed by atoms with E-state index < -0.39 is 0 Å². The molecule has 0 atom stereocenters. The van der Waals surface area contributed by atoms with Crippen molar-refractivity contribution in [2.75, 3.05) is 6.54 Å². The van der Waals surface area contributed by atoms with Gasteiger partial charge in [0.2, 0.25) is 0 Å². The average molecular weight is 271 g/mol. The lowest BCUT2D eigenvalue weighted by Gasteiger charge is -1.98. The van der Waals surface area contributed by atoms with E-state index >= 15 is 0 Å². The molecule has 0 fully saturated rings. The Morgan fingerprint density at radius 2 is 1.82 bits per heavy atom. The second kappa shape index (κ2) is 6.70. The van der Waals surface area contributed by atoms with Crippen LogP contribution in [0.15, 0.2) is 40.8 Å². The average Bonchev–Trinajstić information content (AvgIpc) is 2.76. The Morgan fingerprint density at radius 1 is 1.12 bits per heavy atom. The summed E-state index contributed by atoms with van der Waals surface area (Å²) in [5.74, 6) is 1.83. The molecule has 0 spiro atoms. The van der Waals surface area contributed by atoms with Gasteiger partial charge in [-0.25, -0.2) is 0 Å². The topological polar surface area (TPSA) is 25.2 Å². The van der Waals surface area contributed by atoms with Crippen LogP contribution >= 0.6 is 11.6 Å². The van der Waals surface area contributed by atoms with E-state index in [-0.39, 0.29) is 12.4 Å². The molecule has 4 heteroatoms. The smallest absolute Gasteiger partial charge is 0.134 e. The molecule has 0 aliphatic heterocycles. The fourth-order valence-corrected chi connectivity index (χ4v) is 1.62. The molecule has 1 aromatic carbocycles. The molecule has 0 aliphatic carbocycles. The zero-order valence-corrected chi connectivity index (χ0v) is 11.1. The predicted octanol–water partition coefficient (Wildman–Crippen LogP) is 0.713. The first-order chi connectivity index (χ1) is 7.79. The van der Waals surface area contributed by atoms with Gasteiger partial charge in [0, 0.05) is 10.6 Å². The number of hydrogen-bond donors (Lipinski definition) is 1. The summed E-state index contributed by atoms with van der Waals surface area (Å²) in [5.41, 5.74) is 1.05. The van der Waals surface area contributed by atoms with Gasteiger partial charge < -0.3 is 22.1 Å². The molecular formula is C13H14Cl2NO-. The number of benzene rings is 1. The van der Waals surface area contributed by atoms with Gasteiger partial charge in [-0.3, -0.25) is 0 Å². The SMILES string of the molecule is CCNCc1ccc(-c2ccc(Cl)cc2)o1.[Cl-]. The van der Waals surface area contributed by atoms with Crippen LogP contribution in [-0.4, -0.2) is 6.54 Å². The summed E-state index contributed by atoms with van der Waals surface area (Å²) in [4.78, 5) is 0. The van der Waals surface area contributed by atoms with Crippen LogP contribution in [0.2, 0.25) is 5.02 Å². The summed E-state index contributed by atoms with van der Waals surface area (Å²) < 4.78 is 5.71. The van der Waals surface area contributed by atoms with E-state index in [1.54, 1.807) is 0 Å². The largest absolute Gasteiger partial charge is 1.00 e. The van der Waals surface area contributed by atoms with Crippen molar-refractivity contribution in [1.29, 1.82) is 0 Å². The monoisotopic (exact) mass is 270 g/mol. The molecule has 2 rings (SSSR count). The molecule has 0 saturated heterocycles. The van der Waals surface area contributed by atoms with Crippen LogP contribution in [0, 0.1) is 0 Å². The molecule has 0 radical (unpaired) electrons. The summed E-state index contributed by atoms with van der Waals surface area (Å²) in [6.07, 6.45) is 0. The van der Waals surface area contributed by atoms with E-state index in [9.17, 15) is 0 Å². The highest BCUT2D eigenvalue weighted by Gasteiger charge is 2.03. The van der Waals surface area contributed by atoms with E-state index in [2.05, 4.69) is 12.2 Å². The molecule has 0 amide bonds. The number of furan rings is 1. The number of nitrogens with one attached hydrogen (secondary N) is 1. The third-order valence-electron chi connectivity index (χ3n) is 2.34. The summed E-state index contributed by atoms with van der Waals surface area (Å²) in [6, 6.07) is 11.6. The van der Waals surface area contributed by atoms with Crippen molar-refractivity contribution in [2.45, 2.75) is 13.5 Å². The molecule has 0 aliphatic rings. The lowest BCUT2D eigenvalue weighted by molar-refractivity contribution is -0.00000377. The van der Waals surface area contributed by atoms with Crippen LogP contribution in [0.4, 0.5) is 0 Å². The standard InChI is InChI=1S/C13H14ClNO.ClH/c1-2-15-9-12-7-8-13(16-12)10-3-5-11(14)6-4-10;/h3-8,15H,2,9H2,1H3;1H/p-1. The summed E-state index contributed by atoms with van der Waals surface area (Å²) in [5, 5.41) is 3.96. The van der Waals surface area contributed by atoms with E-state index in [0.29, 0.717) is 0 Å². The van der Waals surface area contributed by atoms with Crippen LogP contribution in [0.1, 0.15) is 12.7 Å². The van der Waals surface area contributed by atoms with Gasteiger partial charge in [-0.1, -0.05) is 18.5 Å². The maximum Gasteiger partial charge on any atom is 0.134 e. The third-order valence-corrected chi connectivity index (χ3v) is 2.59. The Morgan fingerprint density at radius 3 is 2.47 bits per heavy atom. The highest BCUT2D eigenvalue weighted by molar-refractivity contribution is 6.30. The first-order valence-corrected chi connectivity index (χ1v) is 5.73. The van der Waals surface area contributed by atoms with Crippen LogP contribution in [0.5, 0.6) is 0 Å². The van der Waals surface area contributed by atoms with E-state index in [1.165, 1.54) is 0 Å². The predicted molar refractivity (Wildman–Crippen MR) is 66.5 cm³/mol. The molecule has 92 valence electrons. The van der Waals surface area contributed by atoms with Gasteiger partial charge in [-0.15, -0.1) is 0 Å². The van der Waals surface area contributed by atoms with Gasteiger partial charge in [0.15, 0.2) is 0 Å². The number of rotatable bonds is 4. The van der Waals surface area contributed by atoms with E-state index in [1.807, 2.05) is 36.4 Å². The number of halogens is 2. The van der Waals surface area contributed by atoms with Crippen LogP contribution in [0.25, 0.3) is 11.3 Å². The second-order valence-corrected chi connectivity index (χ2v) is 3.99. The maximum atomic E-state index is 5.83. The van der Waals surface area contributed by atoms with Crippen molar-refractivity contribution in [1.82, 2.24) is 5.32 Å². The van der Waals surface area contributed by atoms with Gasteiger partial charge in [-0.05, 0) is 42.9 Å². The molecule has 2 nitrogen and oxygen atoms in total. The molecule has 1 N–H and O–H groups in total. The minimum atomic E-state index is 0. The first-order valence-electron chi connectivity index (χ1n) is 5.35. The van der Waals surface area contributed by atoms with Crippen LogP contribution in [-0.2, 0) is 6.54 Å². The van der Waals surface area contributed by atoms with Gasteiger partial charge in [0.1, 0.15) is 11.5 Å². The summed E-state index contributed by atoms with van der Waals surface area (Å²) in [7, 11) is 0. The molecule has 1 aromatic heterocycles. The maximum absolute atomic E-state index is 5.83. The zero-order chi connectivity index (χ0) is 11.4. The lowest BCUT2D eigenvalue weighted by atomic mass is 10.2. The molecule has 0 unspecified atom stereocenters. The van der Waals surface area contributed by atoms with E-state index in [4.69, 9.17) is 16.0 Å². The zero-order valence-electron chi connectivity index (χ0n) is 9.54. The van der Waals surface area contributed by atoms with E-state index in [0.717, 1.165) is 35.2 Å². The third kappa shape index (κ3) is 3.77. The highest BCUT2D eigenvalue weighted by atomic mass is 35.5. The Labute approximate surface area is 112 Å². The van der Waals surface area contributed by atoms with Crippen molar-refractivity contribution in [3.63, 3.8) is 0 Å². The minimum Gasteiger partial charge on any atom is -1.00 e. The van der Waals surface area contributed by atoms with Gasteiger partial charge in [-0.2, -0.15) is 0 Å². The van der Waals surface area contributed by atoms with Gasteiger partial charge in [0.05, 0.1) is 6.54 Å². The Kier molecular flexibility index (Phi) is 5.56. The quantitative estimate of drug-likeness (QED) is 0.886. The molecule has 0 saturated carbocycles. The normalized spacial score (nSPS) is 10.0. The fraction of sp³-hybridized carbons (Fsp3) is 0.231. The first kappa shape index (κ1) is 14.1. The van der Waals surface area contributed by atoms with Crippen LogP contribution < -0.4 is 17.7 Å². The molecule has 0 bridgehead atoms. The van der Waals surface area contributed by atoms with Crippen molar-refractivity contribution >= 4 is 11.6 Å². The number of hydrogen-bond acceptors (Lipinski definition) is 2. The second-order valence-electron chi connectivity index (χ2n) is 3.55. The molecule has 2 aromatic rings. The summed E-state index contributed by atoms with van der Waals surface area (Å²) >= 11 is 5.83. The lowest BCUT2D eigenvalue weighted by Crippen LogP contribution is -3.00. The summed E-state index contributed by atoms with van der Waals surface area (Å²) in [6.45, 7) is 3.78. The minimum absolute atomic E-state index is 0. The van der Waals surface area contributed by atoms with Crippen molar-refractivity contribution < 1.29 is 16.8 Å². The highest BCUT2D eigenvalue weighted by Crippen LogP contribution is 2.23. The Hall–Kier alpha value is -0.960. The van der Waals surface area contributed by atoms with Crippen LogP contribution in [0.3, 0.4) is 0 Å². The fourth-order valence-electron chi connectivity index (χ4n) is 1.49. The molecule has 17 heavy (non-hydrogen) atoms. The van der Waals surface area contributed by atoms with Gasteiger partial charge >= 0.3 is 0 Å². The molecule has 1 heterocycles. The van der Waals surface area contributed by atoms with Crippen molar-refractivity contribution in [2.24, 2.45) is 0 Å². The Bertz CT molecular complexity index is 451. The van der Waals surface area contributed by atoms with Gasteiger partial charge in [0.25, 0.3) is 0 Å². The van der Waals surface area contributed by atoms with Crippen molar-refractivity contribution in [3.05, 3.63) is 47.2 Å². The Balaban J connectivity index is 0.00000144. The van der Waals surface area contributed by atoms with Crippen molar-refractivity contribution in [3.8, 4) is 11.3 Å².